The van der Waals surface area contributed by atoms with Gasteiger partial charge in [0.25, 0.3) is 0 Å². The summed E-state index contributed by atoms with van der Waals surface area (Å²) in [5.41, 5.74) is 0. The Morgan fingerprint density at radius 2 is 1.00 bits per heavy atom. The second-order valence-corrected chi connectivity index (χ2v) is 8.72. The molecule has 0 aromatic heterocycles. The summed E-state index contributed by atoms with van der Waals surface area (Å²) in [5.74, 6) is 0.233. The van der Waals surface area contributed by atoms with E-state index >= 15 is 0 Å². The van der Waals surface area contributed by atoms with Crippen molar-refractivity contribution in [2.24, 2.45) is 5.92 Å². The number of rotatable bonds is 21. The first-order chi connectivity index (χ1) is 14.1. The van der Waals surface area contributed by atoms with E-state index in [0.29, 0.717) is 38.4 Å². The molecule has 0 aromatic rings. The van der Waals surface area contributed by atoms with E-state index in [1.165, 1.54) is 64.2 Å². The van der Waals surface area contributed by atoms with Gasteiger partial charge in [-0.05, 0) is 31.6 Å². The molecule has 0 heterocycles. The highest BCUT2D eigenvalue weighted by Crippen LogP contribution is 2.12. The molecule has 0 bridgehead atoms. The van der Waals surface area contributed by atoms with Crippen LogP contribution in [0.1, 0.15) is 130 Å². The molecule has 0 radical (unpaired) electrons. The zero-order valence-electron chi connectivity index (χ0n) is 19.6. The highest BCUT2D eigenvalue weighted by atomic mass is 16.5. The molecule has 4 nitrogen and oxygen atoms in total. The maximum atomic E-state index is 11.7. The molecular formula is C25H48O4. The van der Waals surface area contributed by atoms with Crippen molar-refractivity contribution in [1.82, 2.24) is 0 Å². The molecule has 0 fully saturated rings. The summed E-state index contributed by atoms with van der Waals surface area (Å²) < 4.78 is 10.4. The Balaban J connectivity index is 3.28. The van der Waals surface area contributed by atoms with Crippen molar-refractivity contribution in [3.63, 3.8) is 0 Å². The van der Waals surface area contributed by atoms with Crippen molar-refractivity contribution in [3.8, 4) is 0 Å². The molecule has 0 aliphatic rings. The van der Waals surface area contributed by atoms with Gasteiger partial charge in [-0.25, -0.2) is 0 Å². The first-order valence-electron chi connectivity index (χ1n) is 12.4. The lowest BCUT2D eigenvalue weighted by Crippen LogP contribution is -2.09. The minimum absolute atomic E-state index is 0.194. The maximum Gasteiger partial charge on any atom is 0.305 e. The average molecular weight is 413 g/mol. The first-order valence-corrected chi connectivity index (χ1v) is 12.4. The molecule has 0 N–H and O–H groups in total. The number of hydrogen-bond acceptors (Lipinski definition) is 4. The fourth-order valence-corrected chi connectivity index (χ4v) is 3.33. The van der Waals surface area contributed by atoms with Crippen LogP contribution >= 0.6 is 0 Å². The van der Waals surface area contributed by atoms with Gasteiger partial charge in [0.2, 0.25) is 0 Å². The Hall–Kier alpha value is -1.06. The van der Waals surface area contributed by atoms with Crippen LogP contribution in [0.15, 0.2) is 0 Å². The Morgan fingerprint density at radius 3 is 1.45 bits per heavy atom. The van der Waals surface area contributed by atoms with Crippen molar-refractivity contribution in [2.45, 2.75) is 130 Å². The molecule has 0 unspecified atom stereocenters. The van der Waals surface area contributed by atoms with Gasteiger partial charge in [0, 0.05) is 12.8 Å². The summed E-state index contributed by atoms with van der Waals surface area (Å²) in [5, 5.41) is 0. The summed E-state index contributed by atoms with van der Waals surface area (Å²) >= 11 is 0. The highest BCUT2D eigenvalue weighted by molar-refractivity contribution is 5.72. The zero-order valence-corrected chi connectivity index (χ0v) is 19.6. The Morgan fingerprint density at radius 1 is 0.586 bits per heavy atom. The molecule has 0 amide bonds. The van der Waals surface area contributed by atoms with Crippen LogP contribution in [-0.4, -0.2) is 25.2 Å². The Kier molecular flexibility index (Phi) is 20.9. The van der Waals surface area contributed by atoms with E-state index in [2.05, 4.69) is 20.8 Å². The molecule has 0 rings (SSSR count). The van der Waals surface area contributed by atoms with Crippen LogP contribution in [0.2, 0.25) is 0 Å². The first kappa shape index (κ1) is 27.9. The highest BCUT2D eigenvalue weighted by Gasteiger charge is 2.07. The normalized spacial score (nSPS) is 11.0. The third kappa shape index (κ3) is 23.1. The predicted molar refractivity (Wildman–Crippen MR) is 121 cm³/mol. The van der Waals surface area contributed by atoms with Crippen LogP contribution in [0, 0.1) is 5.92 Å². The van der Waals surface area contributed by atoms with Gasteiger partial charge in [0.15, 0.2) is 0 Å². The standard InChI is InChI=1S/C25H48O4/c1-4-5-6-7-8-9-10-11-12-13-14-15-21-28-24(26)19-16-20-25(27)29-22-17-18-23(2)3/h23H,4-22H2,1-3H3. The van der Waals surface area contributed by atoms with E-state index < -0.39 is 0 Å². The number of ether oxygens (including phenoxy) is 2. The maximum absolute atomic E-state index is 11.7. The van der Waals surface area contributed by atoms with Gasteiger partial charge in [0.1, 0.15) is 0 Å². The van der Waals surface area contributed by atoms with Gasteiger partial charge in [0.05, 0.1) is 13.2 Å². The molecule has 0 saturated heterocycles. The van der Waals surface area contributed by atoms with Gasteiger partial charge in [-0.3, -0.25) is 9.59 Å². The van der Waals surface area contributed by atoms with Crippen LogP contribution in [0.25, 0.3) is 0 Å². The zero-order chi connectivity index (χ0) is 21.6. The molecule has 0 spiro atoms. The van der Waals surface area contributed by atoms with Crippen molar-refractivity contribution >= 4 is 11.9 Å². The molecule has 172 valence electrons. The smallest absolute Gasteiger partial charge is 0.305 e. The number of hydrogen-bond donors (Lipinski definition) is 0. The number of carbonyl (C=O) groups is 2. The molecule has 0 aliphatic carbocycles. The summed E-state index contributed by atoms with van der Waals surface area (Å²) in [6.07, 6.45) is 18.7. The summed E-state index contributed by atoms with van der Waals surface area (Å²) in [4.78, 5) is 23.3. The van der Waals surface area contributed by atoms with Crippen LogP contribution in [0.4, 0.5) is 0 Å². The van der Waals surface area contributed by atoms with E-state index in [4.69, 9.17) is 9.47 Å². The molecular weight excluding hydrogens is 364 g/mol. The van der Waals surface area contributed by atoms with E-state index in [9.17, 15) is 9.59 Å². The predicted octanol–water partition coefficient (Wildman–Crippen LogP) is 7.38. The lowest BCUT2D eigenvalue weighted by atomic mass is 10.1. The van der Waals surface area contributed by atoms with Crippen molar-refractivity contribution in [1.29, 1.82) is 0 Å². The van der Waals surface area contributed by atoms with Gasteiger partial charge < -0.3 is 9.47 Å². The minimum Gasteiger partial charge on any atom is -0.466 e. The van der Waals surface area contributed by atoms with E-state index in [1.54, 1.807) is 0 Å². The summed E-state index contributed by atoms with van der Waals surface area (Å²) in [6.45, 7) is 7.57. The SMILES string of the molecule is CCCCCCCCCCCCCCOC(=O)CCCC(=O)OCCCC(C)C. The fourth-order valence-electron chi connectivity index (χ4n) is 3.33. The topological polar surface area (TPSA) is 52.6 Å². The van der Waals surface area contributed by atoms with E-state index in [0.717, 1.165) is 25.7 Å². The molecule has 29 heavy (non-hydrogen) atoms. The molecule has 0 aromatic carbocycles. The summed E-state index contributed by atoms with van der Waals surface area (Å²) in [6, 6.07) is 0. The average Bonchev–Trinajstić information content (AvgIpc) is 2.68. The van der Waals surface area contributed by atoms with Gasteiger partial charge >= 0.3 is 11.9 Å². The largest absolute Gasteiger partial charge is 0.466 e. The van der Waals surface area contributed by atoms with Crippen LogP contribution in [-0.2, 0) is 19.1 Å². The molecule has 0 aliphatic heterocycles. The van der Waals surface area contributed by atoms with Gasteiger partial charge in [-0.2, -0.15) is 0 Å². The fraction of sp³-hybridized carbons (Fsp3) is 0.920. The number of unbranched alkanes of at least 4 members (excludes halogenated alkanes) is 11. The second kappa shape index (κ2) is 21.6. The molecule has 0 atom stereocenters. The van der Waals surface area contributed by atoms with Gasteiger partial charge in [-0.1, -0.05) is 91.4 Å². The minimum atomic E-state index is -0.206. The lowest BCUT2D eigenvalue weighted by molar-refractivity contribution is -0.145. The number of carbonyl (C=O) groups excluding carboxylic acids is 2. The lowest BCUT2D eigenvalue weighted by Gasteiger charge is -2.07. The molecule has 4 heteroatoms. The summed E-state index contributed by atoms with van der Waals surface area (Å²) in [7, 11) is 0. The number of esters is 2. The van der Waals surface area contributed by atoms with Crippen LogP contribution in [0.3, 0.4) is 0 Å². The Bertz CT molecular complexity index is 379. The molecule has 0 saturated carbocycles. The van der Waals surface area contributed by atoms with E-state index in [-0.39, 0.29) is 11.9 Å². The quantitative estimate of drug-likeness (QED) is 0.146. The van der Waals surface area contributed by atoms with Gasteiger partial charge in [-0.15, -0.1) is 0 Å². The van der Waals surface area contributed by atoms with Crippen LogP contribution in [0.5, 0.6) is 0 Å². The Labute approximate surface area is 180 Å². The third-order valence-electron chi connectivity index (χ3n) is 5.21. The van der Waals surface area contributed by atoms with Crippen molar-refractivity contribution in [3.05, 3.63) is 0 Å². The monoisotopic (exact) mass is 412 g/mol. The third-order valence-corrected chi connectivity index (χ3v) is 5.21. The van der Waals surface area contributed by atoms with Crippen molar-refractivity contribution < 1.29 is 19.1 Å². The second-order valence-electron chi connectivity index (χ2n) is 8.72. The van der Waals surface area contributed by atoms with Crippen LogP contribution < -0.4 is 0 Å². The van der Waals surface area contributed by atoms with Crippen molar-refractivity contribution in [2.75, 3.05) is 13.2 Å². The van der Waals surface area contributed by atoms with E-state index in [1.807, 2.05) is 0 Å².